The lowest BCUT2D eigenvalue weighted by molar-refractivity contribution is -0.274. The molecular formula is C7H4BrF5N2O. The van der Waals surface area contributed by atoms with Crippen molar-refractivity contribution < 1.29 is 26.7 Å². The number of hydrogen-bond acceptors (Lipinski definition) is 3. The number of alkyl halides is 5. The van der Waals surface area contributed by atoms with Crippen LogP contribution in [-0.2, 0) is 0 Å². The van der Waals surface area contributed by atoms with Crippen LogP contribution < -0.4 is 10.5 Å². The van der Waals surface area contributed by atoms with Crippen LogP contribution >= 0.6 is 15.9 Å². The molecule has 0 aromatic carbocycles. The molecule has 0 saturated heterocycles. The molecule has 0 radical (unpaired) electrons. The highest BCUT2D eigenvalue weighted by atomic mass is 79.9. The van der Waals surface area contributed by atoms with Crippen molar-refractivity contribution in [3.8, 4) is 5.75 Å². The molecule has 0 saturated carbocycles. The van der Waals surface area contributed by atoms with E-state index in [0.29, 0.717) is 6.07 Å². The number of pyridine rings is 1. The van der Waals surface area contributed by atoms with Gasteiger partial charge in [-0.3, -0.25) is 0 Å². The fourth-order valence-electron chi connectivity index (χ4n) is 0.861. The smallest absolute Gasteiger partial charge is 0.402 e. The van der Waals surface area contributed by atoms with Crippen LogP contribution in [0.25, 0.3) is 0 Å². The van der Waals surface area contributed by atoms with Crippen LogP contribution in [0.3, 0.4) is 0 Å². The van der Waals surface area contributed by atoms with Gasteiger partial charge in [-0.2, -0.15) is 0 Å². The van der Waals surface area contributed by atoms with E-state index in [9.17, 15) is 22.0 Å². The van der Waals surface area contributed by atoms with Crippen molar-refractivity contribution in [1.29, 1.82) is 0 Å². The zero-order valence-corrected chi connectivity index (χ0v) is 8.94. The molecule has 1 rings (SSSR count). The molecular weight excluding hydrogens is 303 g/mol. The quantitative estimate of drug-likeness (QED) is 0.853. The molecule has 0 fully saturated rings. The molecule has 0 unspecified atom stereocenters. The summed E-state index contributed by atoms with van der Waals surface area (Å²) in [5.41, 5.74) is 4.30. The first-order valence-electron chi connectivity index (χ1n) is 3.70. The van der Waals surface area contributed by atoms with Crippen molar-refractivity contribution in [3.63, 3.8) is 0 Å². The van der Waals surface area contributed by atoms with Gasteiger partial charge in [0.15, 0.2) is 11.6 Å². The maximum Gasteiger partial charge on any atom is 0.573 e. The Labute approximate surface area is 94.5 Å². The molecule has 0 aliphatic heterocycles. The molecule has 0 aliphatic rings. The second-order valence-electron chi connectivity index (χ2n) is 2.59. The molecule has 0 spiro atoms. The monoisotopic (exact) mass is 306 g/mol. The highest BCUT2D eigenvalue weighted by molar-refractivity contribution is 9.10. The Morgan fingerprint density at radius 3 is 2.38 bits per heavy atom. The van der Waals surface area contributed by atoms with Gasteiger partial charge in [-0.25, -0.2) is 13.8 Å². The van der Waals surface area contributed by atoms with E-state index in [1.54, 1.807) is 0 Å². The Morgan fingerprint density at radius 2 is 1.94 bits per heavy atom. The molecule has 0 amide bonds. The van der Waals surface area contributed by atoms with E-state index in [4.69, 9.17) is 5.73 Å². The van der Waals surface area contributed by atoms with Crippen molar-refractivity contribution in [2.75, 3.05) is 5.73 Å². The molecule has 0 bridgehead atoms. The van der Waals surface area contributed by atoms with E-state index in [-0.39, 0.29) is 4.47 Å². The van der Waals surface area contributed by atoms with Gasteiger partial charge in [0.1, 0.15) is 5.69 Å². The lowest BCUT2D eigenvalue weighted by Crippen LogP contribution is -2.18. The Kier molecular flexibility index (Phi) is 3.56. The third-order valence-corrected chi connectivity index (χ3v) is 2.06. The summed E-state index contributed by atoms with van der Waals surface area (Å²) in [5, 5.41) is 0. The van der Waals surface area contributed by atoms with Crippen LogP contribution in [0.2, 0.25) is 0 Å². The molecule has 1 aromatic heterocycles. The number of halogens is 6. The lowest BCUT2D eigenvalue weighted by atomic mass is 10.3. The molecule has 2 N–H and O–H groups in total. The summed E-state index contributed by atoms with van der Waals surface area (Å²) in [6, 6.07) is 0.692. The van der Waals surface area contributed by atoms with Gasteiger partial charge < -0.3 is 10.5 Å². The lowest BCUT2D eigenvalue weighted by Gasteiger charge is -2.12. The van der Waals surface area contributed by atoms with Crippen LogP contribution in [0, 0.1) is 0 Å². The first kappa shape index (κ1) is 12.9. The summed E-state index contributed by atoms with van der Waals surface area (Å²) < 4.78 is 63.2. The van der Waals surface area contributed by atoms with Gasteiger partial charge in [0.25, 0.3) is 6.43 Å². The van der Waals surface area contributed by atoms with Crippen LogP contribution in [0.1, 0.15) is 12.1 Å². The Bertz CT molecular complexity index is 395. The van der Waals surface area contributed by atoms with Crippen LogP contribution in [0.15, 0.2) is 10.5 Å². The fraction of sp³-hybridized carbons (Fsp3) is 0.286. The van der Waals surface area contributed by atoms with E-state index in [0.717, 1.165) is 0 Å². The van der Waals surface area contributed by atoms with Crippen molar-refractivity contribution in [2.45, 2.75) is 12.8 Å². The third kappa shape index (κ3) is 3.19. The number of nitrogens with zero attached hydrogens (tertiary/aromatic N) is 1. The highest BCUT2D eigenvalue weighted by Crippen LogP contribution is 2.34. The normalized spacial score (nSPS) is 11.9. The van der Waals surface area contributed by atoms with Crippen LogP contribution in [0.5, 0.6) is 5.75 Å². The molecule has 3 nitrogen and oxygen atoms in total. The summed E-state index contributed by atoms with van der Waals surface area (Å²) >= 11 is 2.64. The number of ether oxygens (including phenoxy) is 1. The van der Waals surface area contributed by atoms with E-state index in [1.165, 1.54) is 0 Å². The van der Waals surface area contributed by atoms with Crippen LogP contribution in [0.4, 0.5) is 27.8 Å². The number of anilines is 1. The van der Waals surface area contributed by atoms with Crippen molar-refractivity contribution in [2.24, 2.45) is 0 Å². The predicted molar refractivity (Wildman–Crippen MR) is 48.0 cm³/mol. The predicted octanol–water partition coefficient (Wildman–Crippen LogP) is 3.26. The number of aromatic nitrogens is 1. The molecule has 1 heterocycles. The van der Waals surface area contributed by atoms with Crippen molar-refractivity contribution in [1.82, 2.24) is 4.98 Å². The molecule has 9 heteroatoms. The topological polar surface area (TPSA) is 48.1 Å². The summed E-state index contributed by atoms with van der Waals surface area (Å²) in [5.74, 6) is -1.58. The van der Waals surface area contributed by atoms with Gasteiger partial charge >= 0.3 is 6.36 Å². The number of rotatable bonds is 2. The average Bonchev–Trinajstić information content (AvgIpc) is 2.07. The summed E-state index contributed by atoms with van der Waals surface area (Å²) in [7, 11) is 0. The van der Waals surface area contributed by atoms with Gasteiger partial charge in [-0.15, -0.1) is 13.2 Å². The molecule has 1 aromatic rings. The van der Waals surface area contributed by atoms with Gasteiger partial charge in [-0.1, -0.05) is 0 Å². The number of hydrogen-bond donors (Lipinski definition) is 1. The number of nitrogen functional groups attached to an aromatic ring is 1. The second kappa shape index (κ2) is 4.40. The minimum atomic E-state index is -4.96. The Morgan fingerprint density at radius 1 is 1.38 bits per heavy atom. The third-order valence-electron chi connectivity index (χ3n) is 1.43. The molecule has 0 aliphatic carbocycles. The summed E-state index contributed by atoms with van der Waals surface area (Å²) in [6.45, 7) is 0. The van der Waals surface area contributed by atoms with Crippen molar-refractivity contribution >= 4 is 21.7 Å². The highest BCUT2D eigenvalue weighted by Gasteiger charge is 2.33. The second-order valence-corrected chi connectivity index (χ2v) is 3.44. The minimum Gasteiger partial charge on any atom is -0.402 e. The maximum absolute atomic E-state index is 12.3. The number of nitrogens with two attached hydrogens (primary N) is 1. The van der Waals surface area contributed by atoms with Gasteiger partial charge in [0.05, 0.1) is 0 Å². The zero-order valence-electron chi connectivity index (χ0n) is 7.36. The SMILES string of the molecule is Nc1nc(C(F)F)c(Br)cc1OC(F)(F)F. The summed E-state index contributed by atoms with van der Waals surface area (Å²) in [4.78, 5) is 3.11. The van der Waals surface area contributed by atoms with Crippen molar-refractivity contribution in [3.05, 3.63) is 16.2 Å². The van der Waals surface area contributed by atoms with E-state index in [1.807, 2.05) is 0 Å². The van der Waals surface area contributed by atoms with E-state index < -0.39 is 30.0 Å². The zero-order chi connectivity index (χ0) is 12.5. The largest absolute Gasteiger partial charge is 0.573 e. The first-order valence-corrected chi connectivity index (χ1v) is 4.50. The standard InChI is InChI=1S/C7H4BrF5N2O/c8-2-1-3(16-7(11,12)13)6(14)15-4(2)5(9)10/h1,5H,(H2,14,15). The Hall–Kier alpha value is -1.12. The molecule has 0 atom stereocenters. The van der Waals surface area contributed by atoms with Crippen LogP contribution in [-0.4, -0.2) is 11.3 Å². The minimum absolute atomic E-state index is 0.309. The van der Waals surface area contributed by atoms with E-state index >= 15 is 0 Å². The fourth-order valence-corrected chi connectivity index (χ4v) is 1.33. The first-order chi connectivity index (χ1) is 7.20. The van der Waals surface area contributed by atoms with E-state index in [2.05, 4.69) is 25.7 Å². The average molecular weight is 307 g/mol. The maximum atomic E-state index is 12.3. The molecule has 90 valence electrons. The van der Waals surface area contributed by atoms with Gasteiger partial charge in [0.2, 0.25) is 0 Å². The molecule has 16 heavy (non-hydrogen) atoms. The Balaban J connectivity index is 3.11. The summed E-state index contributed by atoms with van der Waals surface area (Å²) in [6.07, 6.45) is -7.90. The van der Waals surface area contributed by atoms with Gasteiger partial charge in [-0.05, 0) is 15.9 Å². The van der Waals surface area contributed by atoms with Gasteiger partial charge in [0, 0.05) is 10.5 Å².